The van der Waals surface area contributed by atoms with E-state index in [9.17, 15) is 4.79 Å². The normalized spacial score (nSPS) is 10.3. The molecule has 14 heavy (non-hydrogen) atoms. The molecular weight excluding hydrogens is 184 g/mol. The Morgan fingerprint density at radius 3 is 3.00 bits per heavy atom. The highest BCUT2D eigenvalue weighted by Gasteiger charge is 2.03. The Hall–Kier alpha value is -2.04. The number of aromatic nitrogens is 2. The van der Waals surface area contributed by atoms with E-state index in [1.165, 1.54) is 0 Å². The van der Waals surface area contributed by atoms with Crippen molar-refractivity contribution in [1.29, 1.82) is 0 Å². The molecule has 2 rings (SSSR count). The molecule has 0 unspecified atom stereocenters. The summed E-state index contributed by atoms with van der Waals surface area (Å²) in [6.45, 7) is -0.0516. The van der Waals surface area contributed by atoms with Crippen LogP contribution in [0, 0.1) is 0 Å². The monoisotopic (exact) mass is 192 g/mol. The smallest absolute Gasteiger partial charge is 0.450 e. The van der Waals surface area contributed by atoms with Crippen LogP contribution in [0.25, 0.3) is 11.0 Å². The van der Waals surface area contributed by atoms with Crippen LogP contribution in [-0.4, -0.2) is 21.2 Å². The Balaban J connectivity index is 2.22. The molecule has 0 radical (unpaired) electrons. The van der Waals surface area contributed by atoms with Gasteiger partial charge in [0.15, 0.2) is 6.61 Å². The number of H-pyrrole nitrogens is 1. The lowest BCUT2D eigenvalue weighted by Crippen LogP contribution is -2.01. The Kier molecular flexibility index (Phi) is 2.06. The standard InChI is InChI=1S/C9H8N2O3/c12-9(13)14-5-8-10-6-3-1-2-4-7(6)11-8/h1-4H,5H2,(H,10,11)(H,12,13). The topological polar surface area (TPSA) is 75.2 Å². The zero-order chi connectivity index (χ0) is 9.97. The van der Waals surface area contributed by atoms with Gasteiger partial charge in [-0.2, -0.15) is 0 Å². The Bertz CT molecular complexity index is 431. The van der Waals surface area contributed by atoms with Crippen LogP contribution in [0.3, 0.4) is 0 Å². The number of hydrogen-bond donors (Lipinski definition) is 2. The number of rotatable bonds is 2. The average Bonchev–Trinajstić information content (AvgIpc) is 2.57. The van der Waals surface area contributed by atoms with E-state index in [-0.39, 0.29) is 6.61 Å². The summed E-state index contributed by atoms with van der Waals surface area (Å²) in [5, 5.41) is 8.29. The van der Waals surface area contributed by atoms with Gasteiger partial charge in [0.05, 0.1) is 11.0 Å². The van der Waals surface area contributed by atoms with Crippen LogP contribution in [0.2, 0.25) is 0 Å². The minimum Gasteiger partial charge on any atom is -0.450 e. The maximum atomic E-state index is 10.1. The zero-order valence-electron chi connectivity index (χ0n) is 7.23. The number of ether oxygens (including phenoxy) is 1. The maximum absolute atomic E-state index is 10.1. The molecule has 1 heterocycles. The fourth-order valence-corrected chi connectivity index (χ4v) is 1.20. The number of para-hydroxylation sites is 2. The number of nitrogens with zero attached hydrogens (tertiary/aromatic N) is 1. The van der Waals surface area contributed by atoms with Gasteiger partial charge in [0.1, 0.15) is 5.82 Å². The van der Waals surface area contributed by atoms with E-state index in [1.54, 1.807) is 0 Å². The van der Waals surface area contributed by atoms with Crippen LogP contribution < -0.4 is 0 Å². The summed E-state index contributed by atoms with van der Waals surface area (Å²) in [6, 6.07) is 7.45. The zero-order valence-corrected chi connectivity index (χ0v) is 7.23. The van der Waals surface area contributed by atoms with Crippen molar-refractivity contribution in [3.63, 3.8) is 0 Å². The highest BCUT2D eigenvalue weighted by Crippen LogP contribution is 2.10. The summed E-state index contributed by atoms with van der Waals surface area (Å²) in [6.07, 6.45) is -1.30. The van der Waals surface area contributed by atoms with Gasteiger partial charge in [-0.25, -0.2) is 9.78 Å². The second-order valence-corrected chi connectivity index (χ2v) is 2.76. The molecule has 5 heteroatoms. The minimum absolute atomic E-state index is 0.0516. The molecule has 1 aromatic carbocycles. The van der Waals surface area contributed by atoms with Gasteiger partial charge in [-0.05, 0) is 12.1 Å². The summed E-state index contributed by atoms with van der Waals surface area (Å²) in [7, 11) is 0. The first-order valence-corrected chi connectivity index (χ1v) is 4.05. The van der Waals surface area contributed by atoms with Crippen molar-refractivity contribution < 1.29 is 14.6 Å². The molecule has 2 aromatic rings. The molecule has 1 aromatic heterocycles. The van der Waals surface area contributed by atoms with Crippen molar-refractivity contribution in [3.05, 3.63) is 30.1 Å². The number of carbonyl (C=O) groups is 1. The molecule has 0 atom stereocenters. The summed E-state index contributed by atoms with van der Waals surface area (Å²) < 4.78 is 4.38. The molecule has 0 bridgehead atoms. The molecule has 0 spiro atoms. The van der Waals surface area contributed by atoms with Gasteiger partial charge >= 0.3 is 6.16 Å². The third kappa shape index (κ3) is 1.66. The van der Waals surface area contributed by atoms with Gasteiger partial charge in [0.25, 0.3) is 0 Å². The van der Waals surface area contributed by atoms with E-state index >= 15 is 0 Å². The van der Waals surface area contributed by atoms with E-state index in [0.717, 1.165) is 11.0 Å². The number of aromatic amines is 1. The third-order valence-electron chi connectivity index (χ3n) is 1.77. The Morgan fingerprint density at radius 2 is 2.29 bits per heavy atom. The first-order valence-electron chi connectivity index (χ1n) is 4.05. The predicted molar refractivity (Wildman–Crippen MR) is 48.9 cm³/mol. The molecule has 0 aliphatic heterocycles. The van der Waals surface area contributed by atoms with Crippen molar-refractivity contribution in [3.8, 4) is 0 Å². The largest absolute Gasteiger partial charge is 0.506 e. The second-order valence-electron chi connectivity index (χ2n) is 2.76. The number of nitrogens with one attached hydrogen (secondary N) is 1. The maximum Gasteiger partial charge on any atom is 0.506 e. The van der Waals surface area contributed by atoms with E-state index in [2.05, 4.69) is 14.7 Å². The fraction of sp³-hybridized carbons (Fsp3) is 0.111. The van der Waals surface area contributed by atoms with Gasteiger partial charge in [0.2, 0.25) is 0 Å². The fourth-order valence-electron chi connectivity index (χ4n) is 1.20. The van der Waals surface area contributed by atoms with Crippen molar-refractivity contribution in [2.75, 3.05) is 0 Å². The van der Waals surface area contributed by atoms with Crippen LogP contribution in [0.4, 0.5) is 4.79 Å². The molecule has 5 nitrogen and oxygen atoms in total. The van der Waals surface area contributed by atoms with Crippen molar-refractivity contribution in [2.45, 2.75) is 6.61 Å². The Morgan fingerprint density at radius 1 is 1.50 bits per heavy atom. The van der Waals surface area contributed by atoms with Crippen LogP contribution >= 0.6 is 0 Å². The number of imidazole rings is 1. The molecule has 0 amide bonds. The number of carboxylic acid groups (broad SMARTS) is 1. The first-order chi connectivity index (χ1) is 6.75. The van der Waals surface area contributed by atoms with Crippen LogP contribution in [0.1, 0.15) is 5.82 Å². The molecule has 0 fully saturated rings. The lowest BCUT2D eigenvalue weighted by molar-refractivity contribution is 0.0834. The molecule has 72 valence electrons. The lowest BCUT2D eigenvalue weighted by atomic mass is 10.3. The van der Waals surface area contributed by atoms with Gasteiger partial charge in [0, 0.05) is 0 Å². The van der Waals surface area contributed by atoms with Crippen molar-refractivity contribution >= 4 is 17.2 Å². The van der Waals surface area contributed by atoms with Gasteiger partial charge < -0.3 is 14.8 Å². The Labute approximate surface area is 79.3 Å². The molecule has 2 N–H and O–H groups in total. The molecule has 0 aliphatic carbocycles. The number of benzene rings is 1. The van der Waals surface area contributed by atoms with Crippen molar-refractivity contribution in [2.24, 2.45) is 0 Å². The molecular formula is C9H8N2O3. The predicted octanol–water partition coefficient (Wildman–Crippen LogP) is 1.76. The number of hydrogen-bond acceptors (Lipinski definition) is 3. The van der Waals surface area contributed by atoms with E-state index in [4.69, 9.17) is 5.11 Å². The van der Waals surface area contributed by atoms with E-state index < -0.39 is 6.16 Å². The number of fused-ring (bicyclic) bond motifs is 1. The highest BCUT2D eigenvalue weighted by atomic mass is 16.7. The summed E-state index contributed by atoms with van der Waals surface area (Å²) in [5.41, 5.74) is 1.67. The SMILES string of the molecule is O=C(O)OCc1nc2ccccc2[nH]1. The quantitative estimate of drug-likeness (QED) is 0.711. The van der Waals surface area contributed by atoms with Gasteiger partial charge in [-0.1, -0.05) is 12.1 Å². The first kappa shape index (κ1) is 8.55. The van der Waals surface area contributed by atoms with Crippen LogP contribution in [-0.2, 0) is 11.3 Å². The molecule has 0 saturated heterocycles. The minimum atomic E-state index is -1.30. The summed E-state index contributed by atoms with van der Waals surface area (Å²) in [5.74, 6) is 0.508. The summed E-state index contributed by atoms with van der Waals surface area (Å²) in [4.78, 5) is 17.2. The summed E-state index contributed by atoms with van der Waals surface area (Å²) >= 11 is 0. The third-order valence-corrected chi connectivity index (χ3v) is 1.77. The second kappa shape index (κ2) is 3.37. The lowest BCUT2D eigenvalue weighted by Gasteiger charge is -1.94. The molecule has 0 saturated carbocycles. The van der Waals surface area contributed by atoms with Gasteiger partial charge in [-0.3, -0.25) is 0 Å². The average molecular weight is 192 g/mol. The van der Waals surface area contributed by atoms with Crippen LogP contribution in [0.15, 0.2) is 24.3 Å². The van der Waals surface area contributed by atoms with E-state index in [0.29, 0.717) is 5.82 Å². The van der Waals surface area contributed by atoms with Gasteiger partial charge in [-0.15, -0.1) is 0 Å². The van der Waals surface area contributed by atoms with Crippen LogP contribution in [0.5, 0.6) is 0 Å². The highest BCUT2D eigenvalue weighted by molar-refractivity contribution is 5.74. The van der Waals surface area contributed by atoms with E-state index in [1.807, 2.05) is 24.3 Å². The van der Waals surface area contributed by atoms with Crippen molar-refractivity contribution in [1.82, 2.24) is 9.97 Å². The molecule has 0 aliphatic rings.